The number of hydrogen-bond acceptors (Lipinski definition) is 4. The summed E-state index contributed by atoms with van der Waals surface area (Å²) in [6.45, 7) is 0. The monoisotopic (exact) mass is 174 g/mol. The zero-order valence-electron chi connectivity index (χ0n) is 6.75. The van der Waals surface area contributed by atoms with Gasteiger partial charge in [-0.25, -0.2) is 0 Å². The van der Waals surface area contributed by atoms with Gasteiger partial charge >= 0.3 is 7.12 Å². The number of fused-ring (bicyclic) bond motifs is 1. The molecule has 5 heteroatoms. The molecule has 0 radical (unpaired) electrons. The number of rotatable bonds is 1. The maximum Gasteiger partial charge on any atom is 0.489 e. The molecule has 0 saturated carbocycles. The highest BCUT2D eigenvalue weighted by Gasteiger charge is 2.14. The van der Waals surface area contributed by atoms with Crippen LogP contribution < -0.4 is 5.46 Å². The lowest BCUT2D eigenvalue weighted by molar-refractivity contribution is 0.426. The summed E-state index contributed by atoms with van der Waals surface area (Å²) in [4.78, 5) is 7.93. The van der Waals surface area contributed by atoms with E-state index in [1.54, 1.807) is 24.5 Å². The molecule has 64 valence electrons. The van der Waals surface area contributed by atoms with Gasteiger partial charge < -0.3 is 10.0 Å². The summed E-state index contributed by atoms with van der Waals surface area (Å²) in [5.41, 5.74) is 1.11. The van der Waals surface area contributed by atoms with E-state index in [-0.39, 0.29) is 0 Å². The van der Waals surface area contributed by atoms with Crippen LogP contribution in [0.15, 0.2) is 30.7 Å². The molecule has 13 heavy (non-hydrogen) atoms. The molecule has 2 N–H and O–H groups in total. The second kappa shape index (κ2) is 3.12. The highest BCUT2D eigenvalue weighted by atomic mass is 16.4. The van der Waals surface area contributed by atoms with Crippen molar-refractivity contribution in [2.24, 2.45) is 0 Å². The first-order chi connectivity index (χ1) is 6.29. The number of aromatic nitrogens is 2. The van der Waals surface area contributed by atoms with Crippen molar-refractivity contribution in [1.29, 1.82) is 0 Å². The van der Waals surface area contributed by atoms with Crippen LogP contribution in [0.25, 0.3) is 10.9 Å². The lowest BCUT2D eigenvalue weighted by Gasteiger charge is -2.02. The van der Waals surface area contributed by atoms with Gasteiger partial charge in [0.15, 0.2) is 0 Å². The van der Waals surface area contributed by atoms with Gasteiger partial charge in [-0.3, -0.25) is 9.97 Å². The molecule has 2 heterocycles. The summed E-state index contributed by atoms with van der Waals surface area (Å²) in [5.74, 6) is 0. The number of hydrogen-bond donors (Lipinski definition) is 2. The fourth-order valence-electron chi connectivity index (χ4n) is 1.25. The fourth-order valence-corrected chi connectivity index (χ4v) is 1.25. The van der Waals surface area contributed by atoms with Crippen molar-refractivity contribution in [2.45, 2.75) is 0 Å². The Morgan fingerprint density at radius 3 is 2.77 bits per heavy atom. The highest BCUT2D eigenvalue weighted by molar-refractivity contribution is 6.61. The van der Waals surface area contributed by atoms with Gasteiger partial charge in [0, 0.05) is 17.8 Å². The molecule has 2 rings (SSSR count). The predicted molar refractivity (Wildman–Crippen MR) is 49.4 cm³/mol. The minimum Gasteiger partial charge on any atom is -0.423 e. The Hall–Kier alpha value is -1.46. The van der Waals surface area contributed by atoms with E-state index in [4.69, 9.17) is 10.0 Å². The Bertz CT molecular complexity index is 428. The first-order valence-electron chi connectivity index (χ1n) is 3.84. The topological polar surface area (TPSA) is 66.2 Å². The maximum absolute atomic E-state index is 9.03. The molecule has 0 aliphatic rings. The molecule has 0 fully saturated rings. The predicted octanol–water partition coefficient (Wildman–Crippen LogP) is -0.690. The van der Waals surface area contributed by atoms with E-state index in [2.05, 4.69) is 9.97 Å². The zero-order valence-corrected chi connectivity index (χ0v) is 6.75. The SMILES string of the molecule is OB(O)c1ccnc2cnccc12. The van der Waals surface area contributed by atoms with E-state index >= 15 is 0 Å². The lowest BCUT2D eigenvalue weighted by atomic mass is 9.78. The van der Waals surface area contributed by atoms with Crippen molar-refractivity contribution in [3.8, 4) is 0 Å². The third-order valence-electron chi connectivity index (χ3n) is 1.86. The lowest BCUT2D eigenvalue weighted by Crippen LogP contribution is -2.30. The van der Waals surface area contributed by atoms with Crippen molar-refractivity contribution in [1.82, 2.24) is 9.97 Å². The molecular weight excluding hydrogens is 167 g/mol. The van der Waals surface area contributed by atoms with E-state index in [1.165, 1.54) is 6.20 Å². The number of nitrogens with zero attached hydrogens (tertiary/aromatic N) is 2. The van der Waals surface area contributed by atoms with Crippen molar-refractivity contribution in [3.63, 3.8) is 0 Å². The Morgan fingerprint density at radius 2 is 2.00 bits per heavy atom. The molecule has 2 aromatic heterocycles. The van der Waals surface area contributed by atoms with Crippen LogP contribution in [0.3, 0.4) is 0 Å². The van der Waals surface area contributed by atoms with Crippen LogP contribution >= 0.6 is 0 Å². The van der Waals surface area contributed by atoms with Crippen molar-refractivity contribution in [3.05, 3.63) is 30.7 Å². The molecular formula is C8H7BN2O2. The molecule has 0 atom stereocenters. The smallest absolute Gasteiger partial charge is 0.423 e. The van der Waals surface area contributed by atoms with Crippen LogP contribution in [0.2, 0.25) is 0 Å². The summed E-state index contributed by atoms with van der Waals surface area (Å²) in [7, 11) is -1.46. The van der Waals surface area contributed by atoms with Crippen LogP contribution in [-0.2, 0) is 0 Å². The van der Waals surface area contributed by atoms with Gasteiger partial charge in [0.1, 0.15) is 0 Å². The molecule has 0 aliphatic carbocycles. The summed E-state index contributed by atoms with van der Waals surface area (Å²) in [5, 5.41) is 18.8. The van der Waals surface area contributed by atoms with Gasteiger partial charge in [-0.1, -0.05) is 0 Å². The standard InChI is InChI=1S/C8H7BN2O2/c12-9(13)7-2-4-11-8-5-10-3-1-6(7)8/h1-5,12-13H. The van der Waals surface area contributed by atoms with E-state index in [9.17, 15) is 0 Å². The van der Waals surface area contributed by atoms with Gasteiger partial charge in [0.25, 0.3) is 0 Å². The Labute approximate surface area is 75.0 Å². The van der Waals surface area contributed by atoms with Crippen LogP contribution in [0.5, 0.6) is 0 Å². The molecule has 0 aromatic carbocycles. The Kier molecular flexibility index (Phi) is 1.96. The first kappa shape index (κ1) is 8.16. The molecule has 0 amide bonds. The number of pyridine rings is 2. The minimum absolute atomic E-state index is 0.451. The van der Waals surface area contributed by atoms with Crippen LogP contribution in [-0.4, -0.2) is 27.1 Å². The fraction of sp³-hybridized carbons (Fsp3) is 0. The van der Waals surface area contributed by atoms with Crippen LogP contribution in [0, 0.1) is 0 Å². The minimum atomic E-state index is -1.46. The van der Waals surface area contributed by atoms with E-state index in [1.807, 2.05) is 0 Å². The Morgan fingerprint density at radius 1 is 1.15 bits per heavy atom. The third kappa shape index (κ3) is 1.39. The summed E-state index contributed by atoms with van der Waals surface area (Å²) in [6.07, 6.45) is 4.70. The molecule has 0 aliphatic heterocycles. The Balaban J connectivity index is 2.76. The van der Waals surface area contributed by atoms with Gasteiger partial charge in [-0.05, 0) is 17.6 Å². The maximum atomic E-state index is 9.03. The van der Waals surface area contributed by atoms with Crippen molar-refractivity contribution >= 4 is 23.5 Å². The quantitative estimate of drug-likeness (QED) is 0.561. The molecule has 2 aromatic rings. The zero-order chi connectivity index (χ0) is 9.26. The molecule has 4 nitrogen and oxygen atoms in total. The van der Waals surface area contributed by atoms with Gasteiger partial charge in [0.05, 0.1) is 11.7 Å². The molecule has 0 unspecified atom stereocenters. The first-order valence-corrected chi connectivity index (χ1v) is 3.84. The largest absolute Gasteiger partial charge is 0.489 e. The average Bonchev–Trinajstić information content (AvgIpc) is 2.17. The van der Waals surface area contributed by atoms with Gasteiger partial charge in [-0.15, -0.1) is 0 Å². The van der Waals surface area contributed by atoms with Crippen molar-refractivity contribution < 1.29 is 10.0 Å². The van der Waals surface area contributed by atoms with Gasteiger partial charge in [-0.2, -0.15) is 0 Å². The molecule has 0 bridgehead atoms. The normalized spacial score (nSPS) is 10.3. The summed E-state index contributed by atoms with van der Waals surface area (Å²) < 4.78 is 0. The highest BCUT2D eigenvalue weighted by Crippen LogP contribution is 2.05. The van der Waals surface area contributed by atoms with E-state index < -0.39 is 7.12 Å². The van der Waals surface area contributed by atoms with Crippen molar-refractivity contribution in [2.75, 3.05) is 0 Å². The summed E-state index contributed by atoms with van der Waals surface area (Å²) in [6, 6.07) is 3.28. The molecule has 0 saturated heterocycles. The third-order valence-corrected chi connectivity index (χ3v) is 1.86. The van der Waals surface area contributed by atoms with Gasteiger partial charge in [0.2, 0.25) is 0 Å². The van der Waals surface area contributed by atoms with Crippen LogP contribution in [0.1, 0.15) is 0 Å². The summed E-state index contributed by atoms with van der Waals surface area (Å²) >= 11 is 0. The van der Waals surface area contributed by atoms with E-state index in [0.29, 0.717) is 16.4 Å². The molecule has 0 spiro atoms. The van der Waals surface area contributed by atoms with E-state index in [0.717, 1.165) is 0 Å². The average molecular weight is 174 g/mol. The van der Waals surface area contributed by atoms with Crippen LogP contribution in [0.4, 0.5) is 0 Å². The second-order valence-corrected chi connectivity index (χ2v) is 2.67. The second-order valence-electron chi connectivity index (χ2n) is 2.67.